The number of halogens is 2. The van der Waals surface area contributed by atoms with Crippen molar-refractivity contribution >= 4 is 39.1 Å². The fraction of sp³-hybridized carbons (Fsp3) is 0. The van der Waals surface area contributed by atoms with Gasteiger partial charge in [-0.3, -0.25) is 4.79 Å². The Morgan fingerprint density at radius 1 is 1.22 bits per heavy atom. The molecule has 18 heavy (non-hydrogen) atoms. The van der Waals surface area contributed by atoms with Gasteiger partial charge in [-0.15, -0.1) is 0 Å². The maximum absolute atomic E-state index is 12.0. The molecule has 3 nitrogen and oxygen atoms in total. The lowest BCUT2D eigenvalue weighted by molar-refractivity contribution is 0.102. The fourth-order valence-electron chi connectivity index (χ4n) is 1.44. The summed E-state index contributed by atoms with van der Waals surface area (Å²) in [7, 11) is 0. The van der Waals surface area contributed by atoms with E-state index in [4.69, 9.17) is 11.6 Å². The van der Waals surface area contributed by atoms with E-state index in [9.17, 15) is 9.90 Å². The Morgan fingerprint density at radius 3 is 2.67 bits per heavy atom. The van der Waals surface area contributed by atoms with E-state index in [1.807, 2.05) is 18.2 Å². The van der Waals surface area contributed by atoms with Crippen molar-refractivity contribution in [1.29, 1.82) is 0 Å². The molecule has 2 aromatic rings. The molecule has 0 spiro atoms. The Kier molecular flexibility index (Phi) is 3.89. The van der Waals surface area contributed by atoms with Gasteiger partial charge in [0.1, 0.15) is 5.75 Å². The molecule has 1 amide bonds. The van der Waals surface area contributed by atoms with E-state index in [0.29, 0.717) is 5.69 Å². The third kappa shape index (κ3) is 2.83. The lowest BCUT2D eigenvalue weighted by Crippen LogP contribution is -2.12. The zero-order valence-corrected chi connectivity index (χ0v) is 11.5. The quantitative estimate of drug-likeness (QED) is 0.874. The number of carbonyl (C=O) groups excluding carboxylic acids is 1. The SMILES string of the molecule is O=C(Nc1ccccc1Br)c1cc(O)ccc1Cl. The molecule has 2 aromatic carbocycles. The van der Waals surface area contributed by atoms with E-state index in [-0.39, 0.29) is 22.2 Å². The second-order valence-electron chi connectivity index (χ2n) is 3.60. The third-order valence-electron chi connectivity index (χ3n) is 2.32. The Bertz CT molecular complexity index is 601. The van der Waals surface area contributed by atoms with E-state index >= 15 is 0 Å². The standard InChI is InChI=1S/C13H9BrClNO2/c14-10-3-1-2-4-12(10)16-13(18)9-7-8(17)5-6-11(9)15/h1-7,17H,(H,16,18). The first kappa shape index (κ1) is 12.9. The molecular weight excluding hydrogens is 318 g/mol. The first-order valence-corrected chi connectivity index (χ1v) is 6.29. The Labute approximate surface area is 118 Å². The van der Waals surface area contributed by atoms with Crippen molar-refractivity contribution in [3.8, 4) is 5.75 Å². The monoisotopic (exact) mass is 325 g/mol. The van der Waals surface area contributed by atoms with E-state index in [2.05, 4.69) is 21.2 Å². The summed E-state index contributed by atoms with van der Waals surface area (Å²) in [4.78, 5) is 12.0. The van der Waals surface area contributed by atoms with Gasteiger partial charge in [0.15, 0.2) is 0 Å². The molecule has 0 heterocycles. The van der Waals surface area contributed by atoms with E-state index in [0.717, 1.165) is 4.47 Å². The highest BCUT2D eigenvalue weighted by Crippen LogP contribution is 2.25. The first-order chi connectivity index (χ1) is 8.58. The summed E-state index contributed by atoms with van der Waals surface area (Å²) in [5.41, 5.74) is 0.870. The molecule has 0 aliphatic heterocycles. The highest BCUT2D eigenvalue weighted by Gasteiger charge is 2.12. The lowest BCUT2D eigenvalue weighted by atomic mass is 10.2. The van der Waals surface area contributed by atoms with Gasteiger partial charge in [0, 0.05) is 4.47 Å². The van der Waals surface area contributed by atoms with Gasteiger partial charge >= 0.3 is 0 Å². The smallest absolute Gasteiger partial charge is 0.257 e. The van der Waals surface area contributed by atoms with Crippen molar-refractivity contribution in [3.63, 3.8) is 0 Å². The molecule has 0 bridgehead atoms. The number of aromatic hydroxyl groups is 1. The van der Waals surface area contributed by atoms with Gasteiger partial charge in [0.05, 0.1) is 16.3 Å². The van der Waals surface area contributed by atoms with Crippen molar-refractivity contribution in [1.82, 2.24) is 0 Å². The van der Waals surface area contributed by atoms with Crippen LogP contribution in [0.2, 0.25) is 5.02 Å². The van der Waals surface area contributed by atoms with E-state index in [1.54, 1.807) is 6.07 Å². The minimum atomic E-state index is -0.372. The molecule has 0 aliphatic carbocycles. The molecule has 0 fully saturated rings. The second kappa shape index (κ2) is 5.42. The average molecular weight is 327 g/mol. The van der Waals surface area contributed by atoms with Crippen molar-refractivity contribution < 1.29 is 9.90 Å². The zero-order chi connectivity index (χ0) is 13.1. The molecule has 92 valence electrons. The maximum Gasteiger partial charge on any atom is 0.257 e. The summed E-state index contributed by atoms with van der Waals surface area (Å²) >= 11 is 9.25. The van der Waals surface area contributed by atoms with Crippen LogP contribution in [0.15, 0.2) is 46.9 Å². The summed E-state index contributed by atoms with van der Waals surface area (Å²) in [6.45, 7) is 0. The van der Waals surface area contributed by atoms with Gasteiger partial charge < -0.3 is 10.4 Å². The largest absolute Gasteiger partial charge is 0.508 e. The van der Waals surface area contributed by atoms with Crippen LogP contribution in [0.4, 0.5) is 5.69 Å². The minimum Gasteiger partial charge on any atom is -0.508 e. The maximum atomic E-state index is 12.0. The minimum absolute atomic E-state index is 0.00308. The number of rotatable bonds is 2. The molecule has 0 aliphatic rings. The Balaban J connectivity index is 2.28. The number of anilines is 1. The van der Waals surface area contributed by atoms with Crippen LogP contribution in [0.5, 0.6) is 5.75 Å². The predicted octanol–water partition coefficient (Wildman–Crippen LogP) is 4.06. The third-order valence-corrected chi connectivity index (χ3v) is 3.34. The number of phenols is 1. The van der Waals surface area contributed by atoms with Gasteiger partial charge in [0.25, 0.3) is 5.91 Å². The molecular formula is C13H9BrClNO2. The number of phenolic OH excluding ortho intramolecular Hbond substituents is 1. The molecule has 0 atom stereocenters. The Hall–Kier alpha value is -1.52. The topological polar surface area (TPSA) is 49.3 Å². The number of benzene rings is 2. The predicted molar refractivity (Wildman–Crippen MR) is 75.2 cm³/mol. The van der Waals surface area contributed by atoms with E-state index < -0.39 is 0 Å². The number of hydrogen-bond acceptors (Lipinski definition) is 2. The molecule has 0 saturated carbocycles. The molecule has 2 rings (SSSR count). The Morgan fingerprint density at radius 2 is 1.94 bits per heavy atom. The number of nitrogens with one attached hydrogen (secondary N) is 1. The summed E-state index contributed by atoms with van der Waals surface area (Å²) in [6.07, 6.45) is 0. The molecule has 0 unspecified atom stereocenters. The molecule has 0 saturated heterocycles. The van der Waals surface area contributed by atoms with Crippen molar-refractivity contribution in [2.45, 2.75) is 0 Å². The van der Waals surface area contributed by atoms with E-state index in [1.165, 1.54) is 18.2 Å². The first-order valence-electron chi connectivity index (χ1n) is 5.12. The number of amides is 1. The summed E-state index contributed by atoms with van der Waals surface area (Å²) in [5.74, 6) is -0.375. The second-order valence-corrected chi connectivity index (χ2v) is 4.86. The molecule has 5 heteroatoms. The molecule has 2 N–H and O–H groups in total. The van der Waals surface area contributed by atoms with Crippen LogP contribution in [0.1, 0.15) is 10.4 Å². The molecule has 0 aromatic heterocycles. The lowest BCUT2D eigenvalue weighted by Gasteiger charge is -2.08. The summed E-state index contributed by atoms with van der Waals surface area (Å²) in [6, 6.07) is 11.5. The van der Waals surface area contributed by atoms with Crippen LogP contribution >= 0.6 is 27.5 Å². The number of hydrogen-bond donors (Lipinski definition) is 2. The summed E-state index contributed by atoms with van der Waals surface area (Å²) < 4.78 is 0.773. The number of para-hydroxylation sites is 1. The highest BCUT2D eigenvalue weighted by molar-refractivity contribution is 9.10. The van der Waals surface area contributed by atoms with Crippen molar-refractivity contribution in [2.24, 2.45) is 0 Å². The number of carbonyl (C=O) groups is 1. The van der Waals surface area contributed by atoms with Gasteiger partial charge in [-0.05, 0) is 46.3 Å². The fourth-order valence-corrected chi connectivity index (χ4v) is 2.03. The van der Waals surface area contributed by atoms with Crippen LogP contribution in [-0.4, -0.2) is 11.0 Å². The zero-order valence-electron chi connectivity index (χ0n) is 9.15. The van der Waals surface area contributed by atoms with Crippen LogP contribution in [0.25, 0.3) is 0 Å². The van der Waals surface area contributed by atoms with Gasteiger partial charge in [-0.25, -0.2) is 0 Å². The van der Waals surface area contributed by atoms with Crippen LogP contribution in [0.3, 0.4) is 0 Å². The van der Waals surface area contributed by atoms with Crippen LogP contribution in [0, 0.1) is 0 Å². The van der Waals surface area contributed by atoms with Gasteiger partial charge in [-0.1, -0.05) is 23.7 Å². The van der Waals surface area contributed by atoms with Crippen molar-refractivity contribution in [2.75, 3.05) is 5.32 Å². The van der Waals surface area contributed by atoms with Crippen molar-refractivity contribution in [3.05, 3.63) is 57.5 Å². The van der Waals surface area contributed by atoms with Gasteiger partial charge in [-0.2, -0.15) is 0 Å². The van der Waals surface area contributed by atoms with Crippen LogP contribution in [-0.2, 0) is 0 Å². The summed E-state index contributed by atoms with van der Waals surface area (Å²) in [5, 5.41) is 12.4. The van der Waals surface area contributed by atoms with Gasteiger partial charge in [0.2, 0.25) is 0 Å². The molecule has 0 radical (unpaired) electrons. The highest BCUT2D eigenvalue weighted by atomic mass is 79.9. The van der Waals surface area contributed by atoms with Crippen LogP contribution < -0.4 is 5.32 Å². The normalized spacial score (nSPS) is 10.1. The average Bonchev–Trinajstić information content (AvgIpc) is 2.35.